The summed E-state index contributed by atoms with van der Waals surface area (Å²) >= 11 is 0. The van der Waals surface area contributed by atoms with Crippen LogP contribution >= 0.6 is 0 Å². The first kappa shape index (κ1) is 59.1. The number of nitrogens with one attached hydrogen (secondary N) is 2. The quantitative estimate of drug-likeness (QED) is 0.0505. The first-order valence-electron chi connectivity index (χ1n) is 25.1. The number of nitrogens with zero attached hydrogens (tertiary/aromatic N) is 3. The molecule has 440 valence electrons. The topological polar surface area (TPSA) is 265 Å². The van der Waals surface area contributed by atoms with Crippen molar-refractivity contribution in [2.75, 3.05) is 17.3 Å². The Kier molecular flexibility index (Phi) is 14.2. The highest BCUT2D eigenvalue weighted by Gasteiger charge is 2.42. The van der Waals surface area contributed by atoms with Gasteiger partial charge in [0.2, 0.25) is 0 Å². The molecular formula is C60H34F9N5O13. The van der Waals surface area contributed by atoms with Crippen LogP contribution in [0, 0.1) is 6.92 Å². The number of aryl methyl sites for hydroxylation is 1. The van der Waals surface area contributed by atoms with Crippen molar-refractivity contribution in [3.8, 4) is 27.9 Å². The van der Waals surface area contributed by atoms with Crippen molar-refractivity contribution in [3.63, 3.8) is 0 Å². The summed E-state index contributed by atoms with van der Waals surface area (Å²) in [5.74, 6) is -9.05. The number of anilines is 2. The van der Waals surface area contributed by atoms with Crippen LogP contribution in [-0.4, -0.2) is 67.7 Å². The number of fused-ring (bicyclic) bond motifs is 3. The van der Waals surface area contributed by atoms with Crippen LogP contribution in [0.1, 0.15) is 100 Å². The number of carboxylic acids is 2. The number of hydrogen-bond donors (Lipinski definition) is 4. The van der Waals surface area contributed by atoms with Gasteiger partial charge >= 0.3 is 30.5 Å². The molecule has 4 N–H and O–H groups in total. The first-order valence-corrected chi connectivity index (χ1v) is 25.1. The number of carbonyl (C=O) groups is 7. The molecule has 0 radical (unpaired) electrons. The van der Waals surface area contributed by atoms with E-state index in [0.717, 1.165) is 84.4 Å². The number of carboxylic acid groups (broad SMARTS) is 2. The zero-order valence-corrected chi connectivity index (χ0v) is 44.3. The van der Waals surface area contributed by atoms with Gasteiger partial charge in [0.15, 0.2) is 5.78 Å². The van der Waals surface area contributed by atoms with Crippen molar-refractivity contribution in [2.45, 2.75) is 31.9 Å². The molecule has 87 heavy (non-hydrogen) atoms. The van der Waals surface area contributed by atoms with Gasteiger partial charge in [-0.3, -0.25) is 47.7 Å². The lowest BCUT2D eigenvalue weighted by Crippen LogP contribution is -2.29. The normalized spacial score (nSPS) is 12.7. The molecule has 1 aliphatic heterocycles. The maximum atomic E-state index is 14.9. The van der Waals surface area contributed by atoms with Gasteiger partial charge in [0.25, 0.3) is 45.9 Å². The molecule has 0 bridgehead atoms. The van der Waals surface area contributed by atoms with Crippen LogP contribution in [0.15, 0.2) is 134 Å². The van der Waals surface area contributed by atoms with E-state index in [-0.39, 0.29) is 43.9 Å². The van der Waals surface area contributed by atoms with Gasteiger partial charge in [-0.2, -0.15) is 39.5 Å². The second-order valence-electron chi connectivity index (χ2n) is 19.8. The van der Waals surface area contributed by atoms with Crippen LogP contribution in [0.5, 0.6) is 0 Å². The van der Waals surface area contributed by atoms with Crippen molar-refractivity contribution >= 4 is 74.3 Å². The number of hydrogen-bond acceptors (Lipinski definition) is 11. The maximum absolute atomic E-state index is 14.9. The molecule has 0 aliphatic carbocycles. The molecule has 7 aromatic carbocycles. The number of aromatic nitrogens is 2. The summed E-state index contributed by atoms with van der Waals surface area (Å²) < 4.78 is 135. The van der Waals surface area contributed by atoms with E-state index in [0.29, 0.717) is 51.9 Å². The molecule has 0 saturated carbocycles. The second-order valence-corrected chi connectivity index (χ2v) is 19.8. The number of Topliss-reactive ketones (excluding diaryl/α,β-unsaturated/α-hetero) is 1. The minimum absolute atomic E-state index is 0.00171. The lowest BCUT2D eigenvalue weighted by Gasteiger charge is -2.20. The molecule has 1 aliphatic rings. The molecule has 0 fully saturated rings. The zero-order chi connectivity index (χ0) is 63.4. The molecule has 0 saturated heterocycles. The van der Waals surface area contributed by atoms with Crippen LogP contribution < -0.4 is 37.8 Å². The number of halogens is 9. The number of imide groups is 1. The lowest BCUT2D eigenvalue weighted by molar-refractivity contribution is -0.139. The van der Waals surface area contributed by atoms with E-state index in [9.17, 15) is 102 Å². The predicted molar refractivity (Wildman–Crippen MR) is 292 cm³/mol. The van der Waals surface area contributed by atoms with Crippen molar-refractivity contribution in [1.29, 1.82) is 0 Å². The number of aromatic carboxylic acids is 2. The third-order valence-electron chi connectivity index (χ3n) is 14.6. The minimum atomic E-state index is -5.43. The first-order chi connectivity index (χ1) is 40.7. The minimum Gasteiger partial charge on any atom is -0.478 e. The van der Waals surface area contributed by atoms with E-state index < -0.39 is 172 Å². The monoisotopic (exact) mass is 1200 g/mol. The SMILES string of the molecule is CNC(=O)c1cc(C(=O)Nc2ccc(-c3ccc(CC(=O)c4cc5c(cc4C(=O)O)C(=O)N(c4ccc(-c6ccc(-n7c(=O)c8cc9c(=O)n(C)c(=O)c9cc8c7=O)cc6C(F)(F)F)c(C)c4)C5=O)cc3C(F)(F)F)c(C(F)(F)F)c2)ccc1C(=O)O. The molecule has 27 heteroatoms. The molecular weight excluding hydrogens is 1170 g/mol. The van der Waals surface area contributed by atoms with Crippen LogP contribution in [0.2, 0.25) is 0 Å². The summed E-state index contributed by atoms with van der Waals surface area (Å²) in [6.45, 7) is 1.31. The van der Waals surface area contributed by atoms with E-state index in [1.807, 2.05) is 0 Å². The van der Waals surface area contributed by atoms with Crippen molar-refractivity contribution in [1.82, 2.24) is 14.5 Å². The number of carbonyl (C=O) groups excluding carboxylic acids is 5. The number of alkyl halides is 9. The van der Waals surface area contributed by atoms with Gasteiger partial charge in [-0.25, -0.2) is 19.1 Å². The summed E-state index contributed by atoms with van der Waals surface area (Å²) in [6.07, 6.45) is -17.0. The molecule has 18 nitrogen and oxygen atoms in total. The van der Waals surface area contributed by atoms with Gasteiger partial charge in [0, 0.05) is 37.3 Å². The van der Waals surface area contributed by atoms with E-state index >= 15 is 0 Å². The van der Waals surface area contributed by atoms with Crippen molar-refractivity contribution < 1.29 is 83.3 Å². The molecule has 2 aromatic heterocycles. The maximum Gasteiger partial charge on any atom is 0.417 e. The Morgan fingerprint density at radius 3 is 1.49 bits per heavy atom. The van der Waals surface area contributed by atoms with Crippen LogP contribution in [0.3, 0.4) is 0 Å². The second kappa shape index (κ2) is 20.9. The zero-order valence-electron chi connectivity index (χ0n) is 44.3. The van der Waals surface area contributed by atoms with E-state index in [2.05, 4.69) is 10.6 Å². The third-order valence-corrected chi connectivity index (χ3v) is 14.6. The van der Waals surface area contributed by atoms with E-state index in [1.54, 1.807) is 0 Å². The lowest BCUT2D eigenvalue weighted by atomic mass is 9.90. The Bertz CT molecular complexity index is 4760. The van der Waals surface area contributed by atoms with Gasteiger partial charge in [-0.05, 0) is 125 Å². The molecule has 4 amide bonds. The van der Waals surface area contributed by atoms with E-state index in [4.69, 9.17) is 0 Å². The summed E-state index contributed by atoms with van der Waals surface area (Å²) in [5.41, 5.74) is -17.3. The average molecular weight is 1200 g/mol. The van der Waals surface area contributed by atoms with Crippen molar-refractivity contribution in [2.24, 2.45) is 7.05 Å². The largest absolute Gasteiger partial charge is 0.478 e. The standard InChI is InChI=1S/C60H34F9N5O13/c1-24-14-28(7-12-30(24)31-13-8-29(19-46(31)60(67,68)69)74-53(81)40-21-37-38(22-41(40)54(74)82)51(79)72(3)50(37)78)73-52(80)39-20-35(43(57(86)87)23-42(39)55(73)83)47(75)16-25-4-9-32(44(15-25)58(61,62)63)33-11-6-27(18-45(33)59(64,65)66)71-48(76)26-5-10-34(56(84)85)36(17-26)49(77)70-2/h4-15,17-23H,16H2,1-3H3,(H,70,77)(H,71,76)(H,84,85)(H,86,87). The summed E-state index contributed by atoms with van der Waals surface area (Å²) in [7, 11) is 2.35. The number of ketones is 1. The van der Waals surface area contributed by atoms with Gasteiger partial charge in [0.1, 0.15) is 0 Å². The highest BCUT2D eigenvalue weighted by molar-refractivity contribution is 6.35. The molecule has 0 unspecified atom stereocenters. The van der Waals surface area contributed by atoms with Crippen LogP contribution in [-0.2, 0) is 32.0 Å². The molecule has 3 heterocycles. The summed E-state index contributed by atoms with van der Waals surface area (Å²) in [6, 6.07) is 15.5. The van der Waals surface area contributed by atoms with Crippen LogP contribution in [0.25, 0.3) is 49.5 Å². The summed E-state index contributed by atoms with van der Waals surface area (Å²) in [5, 5.41) is 22.9. The van der Waals surface area contributed by atoms with E-state index in [1.165, 1.54) is 14.0 Å². The highest BCUT2D eigenvalue weighted by Crippen LogP contribution is 2.45. The van der Waals surface area contributed by atoms with Crippen LogP contribution in [0.4, 0.5) is 50.9 Å². The molecule has 0 spiro atoms. The summed E-state index contributed by atoms with van der Waals surface area (Å²) in [4.78, 5) is 145. The smallest absolute Gasteiger partial charge is 0.417 e. The average Bonchev–Trinajstić information content (AvgIpc) is 1.72. The Labute approximate surface area is 478 Å². The fourth-order valence-corrected chi connectivity index (χ4v) is 10.4. The molecule has 0 atom stereocenters. The molecule has 10 rings (SSSR count). The van der Waals surface area contributed by atoms with Gasteiger partial charge < -0.3 is 20.8 Å². The van der Waals surface area contributed by atoms with Gasteiger partial charge in [-0.1, -0.05) is 30.3 Å². The predicted octanol–water partition coefficient (Wildman–Crippen LogP) is 9.37. The number of amides is 4. The Morgan fingerprint density at radius 1 is 0.471 bits per heavy atom. The van der Waals surface area contributed by atoms with Crippen molar-refractivity contribution in [3.05, 3.63) is 223 Å². The fraction of sp³-hybridized carbons (Fsp3) is 0.117. The highest BCUT2D eigenvalue weighted by atomic mass is 19.4. The van der Waals surface area contributed by atoms with Gasteiger partial charge in [-0.15, -0.1) is 0 Å². The van der Waals surface area contributed by atoms with Gasteiger partial charge in [0.05, 0.1) is 77.4 Å². The Balaban J connectivity index is 0.927. The number of rotatable bonds is 12. The number of benzene rings is 7. The Hall–Kier alpha value is -11.1. The fourth-order valence-electron chi connectivity index (χ4n) is 10.4. The third kappa shape index (κ3) is 10.2. The molecule has 9 aromatic rings. The Morgan fingerprint density at radius 2 is 0.954 bits per heavy atom.